The zero-order chi connectivity index (χ0) is 14.5. The average molecular weight is 290 g/mol. The summed E-state index contributed by atoms with van der Waals surface area (Å²) in [5.41, 5.74) is 3.87. The normalized spacial score (nSPS) is 10.6. The Morgan fingerprint density at radius 1 is 1.40 bits per heavy atom. The summed E-state index contributed by atoms with van der Waals surface area (Å²) in [5, 5.41) is 14.0. The summed E-state index contributed by atoms with van der Waals surface area (Å²) in [6, 6.07) is 6.19. The number of hydrogen-bond donors (Lipinski definition) is 2. The van der Waals surface area contributed by atoms with E-state index in [4.69, 9.17) is 5.11 Å². The van der Waals surface area contributed by atoms with Crippen molar-refractivity contribution in [3.63, 3.8) is 0 Å². The van der Waals surface area contributed by atoms with Gasteiger partial charge in [-0.25, -0.2) is 4.98 Å². The van der Waals surface area contributed by atoms with E-state index in [2.05, 4.69) is 23.3 Å². The summed E-state index contributed by atoms with van der Waals surface area (Å²) < 4.78 is 0. The highest BCUT2D eigenvalue weighted by Crippen LogP contribution is 2.27. The van der Waals surface area contributed by atoms with E-state index in [1.807, 2.05) is 19.1 Å². The lowest BCUT2D eigenvalue weighted by atomic mass is 10.1. The molecule has 0 radical (unpaired) electrons. The number of hydrogen-bond acceptors (Lipinski definition) is 4. The Labute approximate surface area is 122 Å². The maximum Gasteiger partial charge on any atom is 0.270 e. The number of nitrogens with one attached hydrogen (secondary N) is 1. The Balaban J connectivity index is 2.14. The molecule has 5 heteroatoms. The average Bonchev–Trinajstić information content (AvgIpc) is 2.88. The molecule has 0 aliphatic carbocycles. The van der Waals surface area contributed by atoms with Gasteiger partial charge in [0.15, 0.2) is 0 Å². The van der Waals surface area contributed by atoms with Gasteiger partial charge in [-0.1, -0.05) is 23.8 Å². The lowest BCUT2D eigenvalue weighted by Crippen LogP contribution is -2.25. The number of aromatic nitrogens is 1. The molecule has 1 aromatic carbocycles. The highest BCUT2D eigenvalue weighted by atomic mass is 32.1. The SMILES string of the molecule is Cc1ccc(-c2nc(C(=O)NCCCO)cs2)c(C)c1. The molecule has 1 aromatic heterocycles. The van der Waals surface area contributed by atoms with E-state index in [9.17, 15) is 4.79 Å². The highest BCUT2D eigenvalue weighted by molar-refractivity contribution is 7.13. The minimum atomic E-state index is -0.189. The standard InChI is InChI=1S/C15H18N2O2S/c1-10-4-5-12(11(2)8-10)15-17-13(9-20-15)14(19)16-6-3-7-18/h4-5,8-9,18H,3,6-7H2,1-2H3,(H,16,19). The first kappa shape index (κ1) is 14.7. The molecule has 2 rings (SSSR count). The second-order valence-corrected chi connectivity index (χ2v) is 5.55. The minimum Gasteiger partial charge on any atom is -0.396 e. The van der Waals surface area contributed by atoms with Crippen LogP contribution in [0.15, 0.2) is 23.6 Å². The maximum absolute atomic E-state index is 11.9. The third kappa shape index (κ3) is 3.43. The smallest absolute Gasteiger partial charge is 0.270 e. The Morgan fingerprint density at radius 3 is 2.90 bits per heavy atom. The fourth-order valence-electron chi connectivity index (χ4n) is 1.93. The Bertz CT molecular complexity index is 608. The van der Waals surface area contributed by atoms with Gasteiger partial charge in [0, 0.05) is 24.1 Å². The van der Waals surface area contributed by atoms with Gasteiger partial charge in [0.2, 0.25) is 0 Å². The Hall–Kier alpha value is -1.72. The van der Waals surface area contributed by atoms with Gasteiger partial charge >= 0.3 is 0 Å². The monoisotopic (exact) mass is 290 g/mol. The van der Waals surface area contributed by atoms with Crippen molar-refractivity contribution in [3.8, 4) is 10.6 Å². The van der Waals surface area contributed by atoms with Crippen LogP contribution in [0.1, 0.15) is 28.0 Å². The summed E-state index contributed by atoms with van der Waals surface area (Å²) in [5.74, 6) is -0.189. The van der Waals surface area contributed by atoms with Crippen molar-refractivity contribution in [1.29, 1.82) is 0 Å². The van der Waals surface area contributed by atoms with Crippen LogP contribution in [0.2, 0.25) is 0 Å². The molecule has 0 unspecified atom stereocenters. The first-order valence-corrected chi connectivity index (χ1v) is 7.42. The van der Waals surface area contributed by atoms with Crippen molar-refractivity contribution >= 4 is 17.2 Å². The molecule has 0 saturated heterocycles. The van der Waals surface area contributed by atoms with Crippen LogP contribution in [-0.4, -0.2) is 29.1 Å². The van der Waals surface area contributed by atoms with Crippen molar-refractivity contribution in [2.45, 2.75) is 20.3 Å². The number of amides is 1. The van der Waals surface area contributed by atoms with Crippen LogP contribution in [-0.2, 0) is 0 Å². The quantitative estimate of drug-likeness (QED) is 0.832. The summed E-state index contributed by atoms with van der Waals surface area (Å²) in [4.78, 5) is 16.2. The van der Waals surface area contributed by atoms with Gasteiger partial charge in [0.25, 0.3) is 5.91 Å². The van der Waals surface area contributed by atoms with Gasteiger partial charge < -0.3 is 10.4 Å². The zero-order valence-corrected chi connectivity index (χ0v) is 12.5. The van der Waals surface area contributed by atoms with E-state index in [0.29, 0.717) is 18.7 Å². The maximum atomic E-state index is 11.9. The fraction of sp³-hybridized carbons (Fsp3) is 0.333. The van der Waals surface area contributed by atoms with Crippen molar-refractivity contribution < 1.29 is 9.90 Å². The molecule has 0 aliphatic heterocycles. The summed E-state index contributed by atoms with van der Waals surface area (Å²) in [6.45, 7) is 4.64. The van der Waals surface area contributed by atoms with Crippen LogP contribution in [0, 0.1) is 13.8 Å². The molecule has 1 heterocycles. The molecule has 20 heavy (non-hydrogen) atoms. The van der Waals surface area contributed by atoms with Gasteiger partial charge in [-0.15, -0.1) is 11.3 Å². The first-order valence-electron chi connectivity index (χ1n) is 6.54. The largest absolute Gasteiger partial charge is 0.396 e. The van der Waals surface area contributed by atoms with Crippen molar-refractivity contribution in [1.82, 2.24) is 10.3 Å². The summed E-state index contributed by atoms with van der Waals surface area (Å²) >= 11 is 1.47. The molecule has 106 valence electrons. The van der Waals surface area contributed by atoms with Gasteiger partial charge in [-0.05, 0) is 25.8 Å². The van der Waals surface area contributed by atoms with Crippen molar-refractivity contribution in [2.24, 2.45) is 0 Å². The third-order valence-electron chi connectivity index (χ3n) is 2.97. The molecule has 0 bridgehead atoms. The van der Waals surface area contributed by atoms with Gasteiger partial charge in [-0.2, -0.15) is 0 Å². The molecule has 0 fully saturated rings. The second-order valence-electron chi connectivity index (χ2n) is 4.69. The molecule has 0 spiro atoms. The molecular weight excluding hydrogens is 272 g/mol. The zero-order valence-electron chi connectivity index (χ0n) is 11.6. The van der Waals surface area contributed by atoms with Crippen molar-refractivity contribution in [2.75, 3.05) is 13.2 Å². The lowest BCUT2D eigenvalue weighted by molar-refractivity contribution is 0.0947. The van der Waals surface area contributed by atoms with E-state index in [-0.39, 0.29) is 12.5 Å². The molecule has 2 N–H and O–H groups in total. The van der Waals surface area contributed by atoms with E-state index in [0.717, 1.165) is 16.1 Å². The molecule has 1 amide bonds. The Morgan fingerprint density at radius 2 is 2.20 bits per heavy atom. The summed E-state index contributed by atoms with van der Waals surface area (Å²) in [7, 11) is 0. The lowest BCUT2D eigenvalue weighted by Gasteiger charge is -2.03. The number of aliphatic hydroxyl groups is 1. The van der Waals surface area contributed by atoms with E-state index in [1.165, 1.54) is 16.9 Å². The first-order chi connectivity index (χ1) is 9.61. The van der Waals surface area contributed by atoms with E-state index >= 15 is 0 Å². The number of aliphatic hydroxyl groups excluding tert-OH is 1. The van der Waals surface area contributed by atoms with Crippen LogP contribution >= 0.6 is 11.3 Å². The van der Waals surface area contributed by atoms with Crippen LogP contribution in [0.5, 0.6) is 0 Å². The van der Waals surface area contributed by atoms with E-state index < -0.39 is 0 Å². The number of thiazole rings is 1. The second kappa shape index (κ2) is 6.63. The third-order valence-corrected chi connectivity index (χ3v) is 3.85. The van der Waals surface area contributed by atoms with Gasteiger partial charge in [0.05, 0.1) is 0 Å². The fourth-order valence-corrected chi connectivity index (χ4v) is 2.82. The molecule has 2 aromatic rings. The van der Waals surface area contributed by atoms with Gasteiger partial charge in [-0.3, -0.25) is 4.79 Å². The molecular formula is C15H18N2O2S. The van der Waals surface area contributed by atoms with Crippen LogP contribution in [0.25, 0.3) is 10.6 Å². The van der Waals surface area contributed by atoms with E-state index in [1.54, 1.807) is 5.38 Å². The van der Waals surface area contributed by atoms with Crippen LogP contribution in [0.4, 0.5) is 0 Å². The van der Waals surface area contributed by atoms with Gasteiger partial charge in [0.1, 0.15) is 10.7 Å². The molecule has 0 atom stereocenters. The number of carbonyl (C=O) groups excluding carboxylic acids is 1. The van der Waals surface area contributed by atoms with Crippen LogP contribution < -0.4 is 5.32 Å². The molecule has 4 nitrogen and oxygen atoms in total. The van der Waals surface area contributed by atoms with Crippen LogP contribution in [0.3, 0.4) is 0 Å². The van der Waals surface area contributed by atoms with Crippen molar-refractivity contribution in [3.05, 3.63) is 40.4 Å². The topological polar surface area (TPSA) is 62.2 Å². The number of aryl methyl sites for hydroxylation is 2. The highest BCUT2D eigenvalue weighted by Gasteiger charge is 2.12. The minimum absolute atomic E-state index is 0.0746. The number of nitrogens with zero attached hydrogens (tertiary/aromatic N) is 1. The number of benzene rings is 1. The number of rotatable bonds is 5. The number of carbonyl (C=O) groups is 1. The predicted octanol–water partition coefficient (Wildman–Crippen LogP) is 2.54. The predicted molar refractivity (Wildman–Crippen MR) is 81.1 cm³/mol. The molecule has 0 saturated carbocycles. The molecule has 0 aliphatic rings. The summed E-state index contributed by atoms with van der Waals surface area (Å²) in [6.07, 6.45) is 0.555. The Kier molecular flexibility index (Phi) is 4.87.